The summed E-state index contributed by atoms with van der Waals surface area (Å²) >= 11 is 0. The van der Waals surface area contributed by atoms with E-state index in [0.717, 1.165) is 18.4 Å². The van der Waals surface area contributed by atoms with Gasteiger partial charge in [-0.1, -0.05) is 37.8 Å². The van der Waals surface area contributed by atoms with E-state index in [1.807, 2.05) is 6.08 Å². The summed E-state index contributed by atoms with van der Waals surface area (Å²) in [6.07, 6.45) is 7.75. The second kappa shape index (κ2) is 4.29. The lowest BCUT2D eigenvalue weighted by atomic mass is 10.1. The molecule has 2 nitrogen and oxygen atoms in total. The Morgan fingerprint density at radius 2 is 2.25 bits per heavy atom. The van der Waals surface area contributed by atoms with E-state index < -0.39 is 5.97 Å². The van der Waals surface area contributed by atoms with Crippen molar-refractivity contribution < 1.29 is 9.90 Å². The van der Waals surface area contributed by atoms with Gasteiger partial charge >= 0.3 is 5.97 Å². The Morgan fingerprint density at radius 1 is 1.50 bits per heavy atom. The van der Waals surface area contributed by atoms with E-state index in [4.69, 9.17) is 5.11 Å². The Morgan fingerprint density at radius 3 is 2.75 bits per heavy atom. The molecular weight excluding hydrogens is 152 g/mol. The summed E-state index contributed by atoms with van der Waals surface area (Å²) in [7, 11) is 0. The third kappa shape index (κ3) is 2.68. The van der Waals surface area contributed by atoms with Gasteiger partial charge in [0, 0.05) is 0 Å². The van der Waals surface area contributed by atoms with Crippen molar-refractivity contribution in [1.29, 1.82) is 0 Å². The molecule has 1 atom stereocenters. The summed E-state index contributed by atoms with van der Waals surface area (Å²) in [6.45, 7) is 2.18. The Bertz CT molecular complexity index is 194. The number of unbranched alkanes of at least 4 members (excludes halogenated alkanes) is 3. The molecule has 0 unspecified atom stereocenters. The van der Waals surface area contributed by atoms with E-state index in [2.05, 4.69) is 6.92 Å². The lowest BCUT2D eigenvalue weighted by Crippen LogP contribution is -1.99. The van der Waals surface area contributed by atoms with Gasteiger partial charge in [-0.3, -0.25) is 4.79 Å². The average Bonchev–Trinajstić information content (AvgIpc) is 2.77. The summed E-state index contributed by atoms with van der Waals surface area (Å²) in [5.74, 6) is -0.882. The topological polar surface area (TPSA) is 37.3 Å². The molecule has 0 heterocycles. The van der Waals surface area contributed by atoms with Gasteiger partial charge in [0.05, 0.1) is 5.92 Å². The summed E-state index contributed by atoms with van der Waals surface area (Å²) in [5, 5.41) is 8.57. The molecule has 0 radical (unpaired) electrons. The van der Waals surface area contributed by atoms with Gasteiger partial charge in [0.2, 0.25) is 0 Å². The van der Waals surface area contributed by atoms with Gasteiger partial charge in [0.1, 0.15) is 0 Å². The van der Waals surface area contributed by atoms with E-state index in [1.165, 1.54) is 19.3 Å². The molecule has 0 amide bonds. The first-order chi connectivity index (χ1) is 5.75. The zero-order valence-electron chi connectivity index (χ0n) is 7.55. The molecule has 12 heavy (non-hydrogen) atoms. The minimum absolute atomic E-state index is 0.202. The van der Waals surface area contributed by atoms with Gasteiger partial charge in [-0.2, -0.15) is 0 Å². The van der Waals surface area contributed by atoms with Gasteiger partial charge in [0.15, 0.2) is 0 Å². The highest BCUT2D eigenvalue weighted by Crippen LogP contribution is 2.33. The van der Waals surface area contributed by atoms with Gasteiger partial charge in [-0.05, 0) is 12.8 Å². The highest BCUT2D eigenvalue weighted by Gasteiger charge is 2.30. The summed E-state index contributed by atoms with van der Waals surface area (Å²) in [4.78, 5) is 10.4. The van der Waals surface area contributed by atoms with Crippen molar-refractivity contribution in [3.63, 3.8) is 0 Å². The van der Waals surface area contributed by atoms with Crippen LogP contribution in [0.25, 0.3) is 0 Å². The molecule has 0 aromatic heterocycles. The SMILES string of the molecule is CCCCCCC1=C[C@@H]1C(=O)O. The van der Waals surface area contributed by atoms with Crippen LogP contribution in [0.4, 0.5) is 0 Å². The standard InChI is InChI=1S/C10H16O2/c1-2-3-4-5-6-8-7-9(8)10(11)12/h7,9H,2-6H2,1H3,(H,11,12)/t9-/m0/s1. The quantitative estimate of drug-likeness (QED) is 0.489. The fourth-order valence-electron chi connectivity index (χ4n) is 1.39. The molecule has 2 heteroatoms. The molecule has 1 rings (SSSR count). The molecule has 68 valence electrons. The van der Waals surface area contributed by atoms with Crippen molar-refractivity contribution in [3.8, 4) is 0 Å². The molecular formula is C10H16O2. The Balaban J connectivity index is 1.97. The molecule has 0 saturated carbocycles. The summed E-state index contributed by atoms with van der Waals surface area (Å²) in [6, 6.07) is 0. The van der Waals surface area contributed by atoms with E-state index in [1.54, 1.807) is 0 Å². The maximum Gasteiger partial charge on any atom is 0.314 e. The molecule has 0 fully saturated rings. The largest absolute Gasteiger partial charge is 0.481 e. The predicted octanol–water partition coefficient (Wildman–Crippen LogP) is 2.60. The zero-order valence-corrected chi connectivity index (χ0v) is 7.55. The number of carbonyl (C=O) groups is 1. The first-order valence-electron chi connectivity index (χ1n) is 4.69. The van der Waals surface area contributed by atoms with E-state index in [0.29, 0.717) is 0 Å². The van der Waals surface area contributed by atoms with Gasteiger partial charge in [-0.25, -0.2) is 0 Å². The van der Waals surface area contributed by atoms with Crippen LogP contribution < -0.4 is 0 Å². The number of carboxylic acids is 1. The highest BCUT2D eigenvalue weighted by atomic mass is 16.4. The van der Waals surface area contributed by atoms with Crippen LogP contribution >= 0.6 is 0 Å². The smallest absolute Gasteiger partial charge is 0.314 e. The third-order valence-corrected chi connectivity index (χ3v) is 2.26. The van der Waals surface area contributed by atoms with E-state index in [9.17, 15) is 4.79 Å². The molecule has 1 N–H and O–H groups in total. The van der Waals surface area contributed by atoms with Crippen molar-refractivity contribution in [1.82, 2.24) is 0 Å². The Hall–Kier alpha value is -0.790. The fourth-order valence-corrected chi connectivity index (χ4v) is 1.39. The molecule has 0 saturated heterocycles. The average molecular weight is 168 g/mol. The lowest BCUT2D eigenvalue weighted by molar-refractivity contribution is -0.137. The van der Waals surface area contributed by atoms with Gasteiger partial charge in [0.25, 0.3) is 0 Å². The molecule has 0 aromatic carbocycles. The molecule has 0 bridgehead atoms. The first-order valence-corrected chi connectivity index (χ1v) is 4.69. The monoisotopic (exact) mass is 168 g/mol. The van der Waals surface area contributed by atoms with Crippen molar-refractivity contribution in [3.05, 3.63) is 11.6 Å². The molecule has 1 aliphatic carbocycles. The molecule has 0 spiro atoms. The minimum atomic E-state index is -0.680. The number of hydrogen-bond acceptors (Lipinski definition) is 1. The zero-order chi connectivity index (χ0) is 8.97. The van der Waals surface area contributed by atoms with Crippen molar-refractivity contribution in [2.45, 2.75) is 39.0 Å². The van der Waals surface area contributed by atoms with Crippen LogP contribution in [-0.4, -0.2) is 11.1 Å². The van der Waals surface area contributed by atoms with E-state index in [-0.39, 0.29) is 5.92 Å². The highest BCUT2D eigenvalue weighted by molar-refractivity contribution is 5.81. The Labute approximate surface area is 73.3 Å². The molecule has 0 aromatic rings. The number of carboxylic acid groups (broad SMARTS) is 1. The number of rotatable bonds is 6. The van der Waals surface area contributed by atoms with Crippen LogP contribution in [0.1, 0.15) is 39.0 Å². The van der Waals surface area contributed by atoms with Crippen LogP contribution in [0.2, 0.25) is 0 Å². The van der Waals surface area contributed by atoms with Crippen LogP contribution in [0.15, 0.2) is 11.6 Å². The number of aliphatic carboxylic acids is 1. The van der Waals surface area contributed by atoms with Crippen LogP contribution in [0.3, 0.4) is 0 Å². The van der Waals surface area contributed by atoms with Crippen LogP contribution in [0, 0.1) is 5.92 Å². The summed E-state index contributed by atoms with van der Waals surface area (Å²) < 4.78 is 0. The normalized spacial score (nSPS) is 20.4. The van der Waals surface area contributed by atoms with E-state index >= 15 is 0 Å². The van der Waals surface area contributed by atoms with Crippen molar-refractivity contribution in [2.75, 3.05) is 0 Å². The fraction of sp³-hybridized carbons (Fsp3) is 0.700. The lowest BCUT2D eigenvalue weighted by Gasteiger charge is -1.96. The molecule has 0 aliphatic heterocycles. The van der Waals surface area contributed by atoms with Crippen molar-refractivity contribution in [2.24, 2.45) is 5.92 Å². The van der Waals surface area contributed by atoms with Crippen LogP contribution in [0.5, 0.6) is 0 Å². The summed E-state index contributed by atoms with van der Waals surface area (Å²) in [5.41, 5.74) is 1.14. The first kappa shape index (κ1) is 9.30. The predicted molar refractivity (Wildman–Crippen MR) is 48.0 cm³/mol. The maximum atomic E-state index is 10.4. The van der Waals surface area contributed by atoms with Crippen molar-refractivity contribution >= 4 is 5.97 Å². The molecule has 1 aliphatic rings. The second-order valence-electron chi connectivity index (χ2n) is 3.37. The Kier molecular flexibility index (Phi) is 3.32. The van der Waals surface area contributed by atoms with Gasteiger partial charge in [-0.15, -0.1) is 0 Å². The minimum Gasteiger partial charge on any atom is -0.481 e. The number of hydrogen-bond donors (Lipinski definition) is 1. The maximum absolute atomic E-state index is 10.4. The van der Waals surface area contributed by atoms with Crippen LogP contribution in [-0.2, 0) is 4.79 Å². The van der Waals surface area contributed by atoms with Gasteiger partial charge < -0.3 is 5.11 Å². The third-order valence-electron chi connectivity index (χ3n) is 2.26. The second-order valence-corrected chi connectivity index (χ2v) is 3.37.